The van der Waals surface area contributed by atoms with Crippen LogP contribution in [-0.2, 0) is 9.59 Å². The number of unbranched alkanes of at least 4 members (excludes halogenated alkanes) is 2. The number of benzene rings is 1. The summed E-state index contributed by atoms with van der Waals surface area (Å²) in [5.74, 6) is 2.46. The molecule has 43 heavy (non-hydrogen) atoms. The molecule has 4 atom stereocenters. The fraction of sp³-hybridized carbons (Fsp3) is 0.529. The van der Waals surface area contributed by atoms with Gasteiger partial charge < -0.3 is 19.7 Å². The van der Waals surface area contributed by atoms with Gasteiger partial charge in [-0.15, -0.1) is 11.3 Å². The van der Waals surface area contributed by atoms with Crippen molar-refractivity contribution in [1.82, 2.24) is 20.2 Å². The summed E-state index contributed by atoms with van der Waals surface area (Å²) in [4.78, 5) is 35.3. The van der Waals surface area contributed by atoms with Crippen LogP contribution in [0.2, 0.25) is 0 Å². The van der Waals surface area contributed by atoms with Crippen LogP contribution >= 0.6 is 11.3 Å². The second kappa shape index (κ2) is 13.9. The molecule has 230 valence electrons. The molecule has 2 fully saturated rings. The molecule has 0 aliphatic heterocycles. The van der Waals surface area contributed by atoms with Crippen molar-refractivity contribution < 1.29 is 19.1 Å². The molecule has 2 heterocycles. The molecule has 0 spiro atoms. The number of ether oxygens (including phenoxy) is 2. The molecule has 0 bridgehead atoms. The van der Waals surface area contributed by atoms with Gasteiger partial charge >= 0.3 is 0 Å². The quantitative estimate of drug-likeness (QED) is 0.126. The third kappa shape index (κ3) is 7.55. The topological polar surface area (TPSA) is 93.7 Å². The summed E-state index contributed by atoms with van der Waals surface area (Å²) in [6, 6.07) is 6.22. The summed E-state index contributed by atoms with van der Waals surface area (Å²) >= 11 is 1.60. The van der Waals surface area contributed by atoms with Crippen LogP contribution in [0.15, 0.2) is 35.7 Å². The van der Waals surface area contributed by atoms with Crippen molar-refractivity contribution in [3.05, 3.63) is 47.0 Å². The molecule has 2 unspecified atom stereocenters. The molecule has 1 aromatic carbocycles. The fourth-order valence-electron chi connectivity index (χ4n) is 5.78. The Hall–Kier alpha value is -3.46. The Morgan fingerprint density at radius 3 is 2.77 bits per heavy atom. The maximum Gasteiger partial charge on any atom is 0.223 e. The molecule has 2 aliphatic rings. The number of aryl methyl sites for hydroxylation is 1. The van der Waals surface area contributed by atoms with Crippen LogP contribution in [0.25, 0.3) is 21.6 Å². The lowest BCUT2D eigenvalue weighted by Crippen LogP contribution is -2.32. The number of nitrogens with zero attached hydrogens (tertiary/aromatic N) is 3. The number of hydrogen-bond donors (Lipinski definition) is 1. The number of methoxy groups -OCH3 is 1. The number of rotatable bonds is 14. The highest BCUT2D eigenvalue weighted by atomic mass is 32.1. The predicted octanol–water partition coefficient (Wildman–Crippen LogP) is 6.67. The third-order valence-electron chi connectivity index (χ3n) is 8.61. The van der Waals surface area contributed by atoms with Crippen molar-refractivity contribution in [2.75, 3.05) is 20.7 Å². The van der Waals surface area contributed by atoms with Gasteiger partial charge in [0.1, 0.15) is 22.2 Å². The number of allylic oxidation sites excluding steroid dienone is 1. The number of amides is 2. The minimum absolute atomic E-state index is 0.0349. The zero-order valence-corrected chi connectivity index (χ0v) is 26.8. The van der Waals surface area contributed by atoms with Crippen LogP contribution < -0.4 is 14.8 Å². The van der Waals surface area contributed by atoms with Crippen LogP contribution in [0.3, 0.4) is 0 Å². The summed E-state index contributed by atoms with van der Waals surface area (Å²) in [5, 5.41) is 7.19. The third-order valence-corrected chi connectivity index (χ3v) is 9.49. The second-order valence-corrected chi connectivity index (χ2v) is 13.2. The van der Waals surface area contributed by atoms with E-state index in [2.05, 4.69) is 36.7 Å². The van der Waals surface area contributed by atoms with Gasteiger partial charge in [-0.05, 0) is 75.8 Å². The van der Waals surface area contributed by atoms with E-state index in [1.165, 1.54) is 0 Å². The first kappa shape index (κ1) is 31.0. The van der Waals surface area contributed by atoms with Crippen LogP contribution in [0.4, 0.5) is 0 Å². The molecule has 2 aromatic heterocycles. The van der Waals surface area contributed by atoms with Gasteiger partial charge in [-0.1, -0.05) is 26.0 Å². The number of thiazole rings is 1. The molecule has 1 N–H and O–H groups in total. The first-order valence-electron chi connectivity index (χ1n) is 15.5. The first-order chi connectivity index (χ1) is 20.8. The zero-order valence-electron chi connectivity index (χ0n) is 26.0. The SMILES string of the molecule is COc1ccc2c(O[C@H]3CCC(C(=O)NC4C[C@H]4/C=C\CCCCN(C)C=O)C3)cc(-c3nc(C(C)C)cs3)nc2c1C. The molecule has 8 nitrogen and oxygen atoms in total. The smallest absolute Gasteiger partial charge is 0.223 e. The van der Waals surface area contributed by atoms with Crippen LogP contribution in [0.1, 0.15) is 76.0 Å². The van der Waals surface area contributed by atoms with Crippen molar-refractivity contribution in [2.24, 2.45) is 11.8 Å². The monoisotopic (exact) mass is 604 g/mol. The molecule has 0 saturated heterocycles. The summed E-state index contributed by atoms with van der Waals surface area (Å²) in [7, 11) is 3.48. The van der Waals surface area contributed by atoms with E-state index in [0.717, 1.165) is 95.8 Å². The van der Waals surface area contributed by atoms with Crippen LogP contribution in [0, 0.1) is 18.8 Å². The normalized spacial score (nSPS) is 21.4. The van der Waals surface area contributed by atoms with Gasteiger partial charge in [-0.3, -0.25) is 9.59 Å². The second-order valence-electron chi connectivity index (χ2n) is 12.3. The number of hydrogen-bond acceptors (Lipinski definition) is 7. The predicted molar refractivity (Wildman–Crippen MR) is 172 cm³/mol. The van der Waals surface area contributed by atoms with Gasteiger partial charge in [0, 0.05) is 47.9 Å². The Kier molecular flexibility index (Phi) is 10.0. The highest BCUT2D eigenvalue weighted by Crippen LogP contribution is 2.39. The van der Waals surface area contributed by atoms with E-state index < -0.39 is 0 Å². The minimum Gasteiger partial charge on any atom is -0.496 e. The molecular weight excluding hydrogens is 560 g/mol. The van der Waals surface area contributed by atoms with Crippen molar-refractivity contribution in [1.29, 1.82) is 0 Å². The molecular formula is C34H44N4O4S. The highest BCUT2D eigenvalue weighted by molar-refractivity contribution is 7.13. The molecule has 2 saturated carbocycles. The maximum atomic E-state index is 13.1. The molecule has 0 radical (unpaired) electrons. The average molecular weight is 605 g/mol. The van der Waals surface area contributed by atoms with Crippen molar-refractivity contribution >= 4 is 34.6 Å². The van der Waals surface area contributed by atoms with E-state index in [0.29, 0.717) is 18.3 Å². The molecule has 9 heteroatoms. The van der Waals surface area contributed by atoms with Gasteiger partial charge in [0.2, 0.25) is 12.3 Å². The number of fused-ring (bicyclic) bond motifs is 1. The Morgan fingerprint density at radius 2 is 2.02 bits per heavy atom. The lowest BCUT2D eigenvalue weighted by atomic mass is 10.1. The molecule has 2 amide bonds. The lowest BCUT2D eigenvalue weighted by Gasteiger charge is -2.18. The van der Waals surface area contributed by atoms with Gasteiger partial charge in [-0.25, -0.2) is 9.97 Å². The Labute approximate surface area is 258 Å². The van der Waals surface area contributed by atoms with E-state index >= 15 is 0 Å². The van der Waals surface area contributed by atoms with E-state index in [1.54, 1.807) is 30.4 Å². The van der Waals surface area contributed by atoms with E-state index in [-0.39, 0.29) is 24.0 Å². The molecule has 3 aromatic rings. The fourth-order valence-corrected chi connectivity index (χ4v) is 6.72. The Balaban J connectivity index is 1.20. The number of carbonyl (C=O) groups excluding carboxylic acids is 2. The number of nitrogens with one attached hydrogen (secondary N) is 1. The van der Waals surface area contributed by atoms with Gasteiger partial charge in [-0.2, -0.15) is 0 Å². The first-order valence-corrected chi connectivity index (χ1v) is 16.4. The standard InChI is InChI=1S/C34H44N4O4S/c1-21(2)29-19-43-34(37-29)28-18-31(26-13-14-30(41-5)22(3)32(26)35-28)42-25-12-11-24(16-25)33(40)36-27-17-23(27)10-8-6-7-9-15-38(4)20-39/h8,10,13-14,18-21,23-25,27H,6-7,9,11-12,15-17H2,1-5H3,(H,36,40)/b10-8-/t23-,24?,25+,27?/m1/s1. The van der Waals surface area contributed by atoms with Gasteiger partial charge in [0.25, 0.3) is 0 Å². The van der Waals surface area contributed by atoms with Crippen LogP contribution in [0.5, 0.6) is 11.5 Å². The maximum absolute atomic E-state index is 13.1. The molecule has 2 aliphatic carbocycles. The van der Waals surface area contributed by atoms with E-state index in [9.17, 15) is 9.59 Å². The Morgan fingerprint density at radius 1 is 1.19 bits per heavy atom. The van der Waals surface area contributed by atoms with Crippen molar-refractivity contribution in [3.63, 3.8) is 0 Å². The number of carbonyl (C=O) groups is 2. The van der Waals surface area contributed by atoms with Gasteiger partial charge in [0.05, 0.1) is 24.4 Å². The van der Waals surface area contributed by atoms with E-state index in [4.69, 9.17) is 19.4 Å². The van der Waals surface area contributed by atoms with Crippen LogP contribution in [-0.4, -0.2) is 60.0 Å². The number of pyridine rings is 1. The number of aromatic nitrogens is 2. The van der Waals surface area contributed by atoms with Crippen molar-refractivity contribution in [3.8, 4) is 22.2 Å². The summed E-state index contributed by atoms with van der Waals surface area (Å²) < 4.78 is 12.2. The molecule has 5 rings (SSSR count). The Bertz CT molecular complexity index is 1470. The summed E-state index contributed by atoms with van der Waals surface area (Å²) in [6.45, 7) is 7.10. The lowest BCUT2D eigenvalue weighted by molar-refractivity contribution is -0.125. The highest BCUT2D eigenvalue weighted by Gasteiger charge is 2.39. The van der Waals surface area contributed by atoms with E-state index in [1.807, 2.05) is 25.1 Å². The largest absolute Gasteiger partial charge is 0.496 e. The van der Waals surface area contributed by atoms with Gasteiger partial charge in [0.15, 0.2) is 0 Å². The summed E-state index contributed by atoms with van der Waals surface area (Å²) in [6.07, 6.45) is 11.7. The van der Waals surface area contributed by atoms with Crippen molar-refractivity contribution in [2.45, 2.75) is 83.8 Å². The summed E-state index contributed by atoms with van der Waals surface area (Å²) in [5.41, 5.74) is 3.67. The zero-order chi connectivity index (χ0) is 30.5. The average Bonchev–Trinajstić information content (AvgIpc) is 3.35. The minimum atomic E-state index is -0.0352.